The van der Waals surface area contributed by atoms with E-state index >= 15 is 0 Å². The van der Waals surface area contributed by atoms with Gasteiger partial charge in [0.15, 0.2) is 0 Å². The Labute approximate surface area is 172 Å². The molecule has 2 aromatic carbocycles. The minimum absolute atomic E-state index is 0.296. The minimum atomic E-state index is 0.296. The van der Waals surface area contributed by atoms with Gasteiger partial charge in [-0.25, -0.2) is 0 Å². The largest absolute Gasteiger partial charge is 0.364 e. The SMILES string of the molecule is COI.Clc1ccc(N2CCCCC2c2ccc(Cl)cc2Cl)cc1. The van der Waals surface area contributed by atoms with E-state index in [9.17, 15) is 0 Å². The molecule has 0 saturated carbocycles. The van der Waals surface area contributed by atoms with Crippen molar-refractivity contribution >= 4 is 63.5 Å². The highest BCUT2D eigenvalue weighted by molar-refractivity contribution is 14.1. The predicted molar refractivity (Wildman–Crippen MR) is 113 cm³/mol. The summed E-state index contributed by atoms with van der Waals surface area (Å²) in [6.07, 6.45) is 3.52. The third kappa shape index (κ3) is 5.40. The molecule has 1 unspecified atom stereocenters. The summed E-state index contributed by atoms with van der Waals surface area (Å²) in [5, 5.41) is 2.18. The van der Waals surface area contributed by atoms with Crippen LogP contribution in [-0.2, 0) is 3.07 Å². The van der Waals surface area contributed by atoms with Gasteiger partial charge in [0.25, 0.3) is 0 Å². The van der Waals surface area contributed by atoms with Crippen LogP contribution in [0, 0.1) is 0 Å². The van der Waals surface area contributed by atoms with Gasteiger partial charge in [0.2, 0.25) is 0 Å². The van der Waals surface area contributed by atoms with Crippen LogP contribution in [-0.4, -0.2) is 13.7 Å². The number of hydrogen-bond donors (Lipinski definition) is 0. The summed E-state index contributed by atoms with van der Waals surface area (Å²) in [5.41, 5.74) is 2.34. The Morgan fingerprint density at radius 3 is 2.25 bits per heavy atom. The summed E-state index contributed by atoms with van der Waals surface area (Å²) in [4.78, 5) is 2.41. The van der Waals surface area contributed by atoms with Crippen molar-refractivity contribution in [3.8, 4) is 0 Å². The van der Waals surface area contributed by atoms with Crippen LogP contribution < -0.4 is 4.90 Å². The Hall–Kier alpha value is -0.200. The number of piperidine rings is 1. The van der Waals surface area contributed by atoms with E-state index in [1.807, 2.05) is 30.3 Å². The van der Waals surface area contributed by atoms with Gasteiger partial charge < -0.3 is 7.97 Å². The topological polar surface area (TPSA) is 12.5 Å². The van der Waals surface area contributed by atoms with Gasteiger partial charge in [0, 0.05) is 34.4 Å². The van der Waals surface area contributed by atoms with E-state index in [2.05, 4.69) is 20.1 Å². The van der Waals surface area contributed by atoms with E-state index in [0.29, 0.717) is 11.1 Å². The third-order valence-electron chi connectivity index (χ3n) is 3.98. The lowest BCUT2D eigenvalue weighted by Crippen LogP contribution is -2.33. The maximum absolute atomic E-state index is 6.41. The molecule has 0 amide bonds. The fourth-order valence-electron chi connectivity index (χ4n) is 2.97. The lowest BCUT2D eigenvalue weighted by atomic mass is 9.94. The zero-order valence-electron chi connectivity index (χ0n) is 13.3. The summed E-state index contributed by atoms with van der Waals surface area (Å²) >= 11 is 20.2. The van der Waals surface area contributed by atoms with Crippen molar-refractivity contribution in [3.05, 3.63) is 63.1 Å². The van der Waals surface area contributed by atoms with Gasteiger partial charge in [-0.05, 0) is 61.2 Å². The fourth-order valence-corrected chi connectivity index (χ4v) is 3.63. The quantitative estimate of drug-likeness (QED) is 0.401. The van der Waals surface area contributed by atoms with Crippen LogP contribution in [0.15, 0.2) is 42.5 Å². The van der Waals surface area contributed by atoms with Crippen LogP contribution in [0.3, 0.4) is 0 Å². The van der Waals surface area contributed by atoms with Gasteiger partial charge in [0.05, 0.1) is 6.04 Å². The Morgan fingerprint density at radius 1 is 1.00 bits per heavy atom. The maximum atomic E-state index is 6.41. The molecule has 1 atom stereocenters. The molecule has 0 N–H and O–H groups in total. The second-order valence-electron chi connectivity index (χ2n) is 5.50. The summed E-state index contributed by atoms with van der Waals surface area (Å²) < 4.78 is 4.22. The first-order valence-electron chi connectivity index (χ1n) is 7.68. The lowest BCUT2D eigenvalue weighted by Gasteiger charge is -2.38. The second kappa shape index (κ2) is 10.1. The number of anilines is 1. The Morgan fingerprint density at radius 2 is 1.62 bits per heavy atom. The average Bonchev–Trinajstić information content (AvgIpc) is 2.57. The van der Waals surface area contributed by atoms with Crippen molar-refractivity contribution in [1.29, 1.82) is 0 Å². The molecule has 1 aliphatic rings. The third-order valence-corrected chi connectivity index (χ3v) is 4.80. The van der Waals surface area contributed by atoms with Gasteiger partial charge in [-0.2, -0.15) is 0 Å². The smallest absolute Gasteiger partial charge is 0.109 e. The van der Waals surface area contributed by atoms with Crippen molar-refractivity contribution in [2.24, 2.45) is 0 Å². The molecule has 1 fully saturated rings. The van der Waals surface area contributed by atoms with Crippen molar-refractivity contribution in [2.75, 3.05) is 18.6 Å². The minimum Gasteiger partial charge on any atom is -0.364 e. The summed E-state index contributed by atoms with van der Waals surface area (Å²) in [5.74, 6) is 0. The molecule has 0 spiro atoms. The highest BCUT2D eigenvalue weighted by Crippen LogP contribution is 2.38. The van der Waals surface area contributed by atoms with Crippen molar-refractivity contribution < 1.29 is 3.07 Å². The van der Waals surface area contributed by atoms with Crippen molar-refractivity contribution in [1.82, 2.24) is 0 Å². The second-order valence-corrected chi connectivity index (χ2v) is 7.66. The number of rotatable bonds is 2. The summed E-state index contributed by atoms with van der Waals surface area (Å²) in [7, 11) is 1.61. The molecule has 3 rings (SSSR count). The first-order valence-corrected chi connectivity index (χ1v) is 9.70. The van der Waals surface area contributed by atoms with E-state index < -0.39 is 0 Å². The van der Waals surface area contributed by atoms with Gasteiger partial charge in [0.1, 0.15) is 23.0 Å². The molecule has 6 heteroatoms. The zero-order valence-corrected chi connectivity index (χ0v) is 17.7. The molecule has 2 aromatic rings. The zero-order chi connectivity index (χ0) is 17.5. The number of hydrogen-bond acceptors (Lipinski definition) is 2. The van der Waals surface area contributed by atoms with Crippen LogP contribution in [0.5, 0.6) is 0 Å². The van der Waals surface area contributed by atoms with Crippen molar-refractivity contribution in [2.45, 2.75) is 25.3 Å². The van der Waals surface area contributed by atoms with E-state index in [0.717, 1.165) is 28.6 Å². The molecule has 1 heterocycles. The molecule has 2 nitrogen and oxygen atoms in total. The van der Waals surface area contributed by atoms with E-state index in [1.54, 1.807) is 30.1 Å². The molecule has 1 saturated heterocycles. The standard InChI is InChI=1S/C17H16Cl3N.CH3IO/c18-12-4-7-14(8-5-12)21-10-2-1-3-17(21)15-9-6-13(19)11-16(15)20;1-3-2/h4-9,11,17H,1-3,10H2;1H3. The maximum Gasteiger partial charge on any atom is 0.109 e. The monoisotopic (exact) mass is 497 g/mol. The van der Waals surface area contributed by atoms with Crippen LogP contribution in [0.25, 0.3) is 0 Å². The van der Waals surface area contributed by atoms with E-state index in [-0.39, 0.29) is 0 Å². The van der Waals surface area contributed by atoms with Crippen molar-refractivity contribution in [3.63, 3.8) is 0 Å². The van der Waals surface area contributed by atoms with Gasteiger partial charge in [-0.1, -0.05) is 40.9 Å². The molecular formula is C18H19Cl3INO. The fraction of sp³-hybridized carbons (Fsp3) is 0.333. The van der Waals surface area contributed by atoms with Crippen LogP contribution in [0.4, 0.5) is 5.69 Å². The van der Waals surface area contributed by atoms with Crippen LogP contribution in [0.2, 0.25) is 15.1 Å². The van der Waals surface area contributed by atoms with Crippen LogP contribution >= 0.6 is 57.8 Å². The molecule has 24 heavy (non-hydrogen) atoms. The van der Waals surface area contributed by atoms with Gasteiger partial charge >= 0.3 is 0 Å². The summed E-state index contributed by atoms with van der Waals surface area (Å²) in [6.45, 7) is 1.03. The highest BCUT2D eigenvalue weighted by Gasteiger charge is 2.25. The first kappa shape index (κ1) is 20.1. The van der Waals surface area contributed by atoms with Gasteiger partial charge in [-0.3, -0.25) is 0 Å². The van der Waals surface area contributed by atoms with Gasteiger partial charge in [-0.15, -0.1) is 0 Å². The molecule has 0 bridgehead atoms. The lowest BCUT2D eigenvalue weighted by molar-refractivity contribution is 0.473. The Bertz CT molecular complexity index is 651. The molecule has 0 aliphatic carbocycles. The van der Waals surface area contributed by atoms with E-state index in [4.69, 9.17) is 34.8 Å². The highest BCUT2D eigenvalue weighted by atomic mass is 127. The van der Waals surface area contributed by atoms with E-state index in [1.165, 1.54) is 18.5 Å². The average molecular weight is 499 g/mol. The Kier molecular flexibility index (Phi) is 8.44. The molecule has 1 aliphatic heterocycles. The normalized spacial score (nSPS) is 17.2. The van der Waals surface area contributed by atoms with Crippen LogP contribution in [0.1, 0.15) is 30.9 Å². The number of nitrogens with zero attached hydrogens (tertiary/aromatic N) is 1. The number of benzene rings is 2. The predicted octanol–water partition coefficient (Wildman–Crippen LogP) is 7.36. The molecule has 0 aromatic heterocycles. The number of halogens is 4. The molecular weight excluding hydrogens is 479 g/mol. The molecule has 130 valence electrons. The Balaban J connectivity index is 0.000000647. The summed E-state index contributed by atoms with van der Waals surface area (Å²) in [6, 6.07) is 14.1. The first-order chi connectivity index (χ1) is 11.6. The molecule has 0 radical (unpaired) electrons.